The van der Waals surface area contributed by atoms with Crippen molar-refractivity contribution in [2.24, 2.45) is 10.2 Å². The van der Waals surface area contributed by atoms with Gasteiger partial charge in [0.2, 0.25) is 0 Å². The Morgan fingerprint density at radius 3 is 2.24 bits per heavy atom. The van der Waals surface area contributed by atoms with Crippen LogP contribution in [-0.4, -0.2) is 10.2 Å². The number of hydrogen-bond acceptors (Lipinski definition) is 5. The second-order valence-electron chi connectivity index (χ2n) is 3.20. The molecule has 0 unspecified atom stereocenters. The molecule has 0 bridgehead atoms. The van der Waals surface area contributed by atoms with E-state index in [1.54, 1.807) is 0 Å². The summed E-state index contributed by atoms with van der Waals surface area (Å²) < 4.78 is 1.79. The van der Waals surface area contributed by atoms with Crippen molar-refractivity contribution < 1.29 is 0 Å². The Bertz CT molecular complexity index is 537. The van der Waals surface area contributed by atoms with Gasteiger partial charge in [-0.15, -0.1) is 5.11 Å². The third kappa shape index (κ3) is 2.83. The molecule has 0 atom stereocenters. The summed E-state index contributed by atoms with van der Waals surface area (Å²) in [4.78, 5) is 0. The lowest BCUT2D eigenvalue weighted by Crippen LogP contribution is -1.84. The zero-order valence-corrected chi connectivity index (χ0v) is 11.7. The van der Waals surface area contributed by atoms with Crippen molar-refractivity contribution in [3.05, 3.63) is 27.1 Å². The van der Waals surface area contributed by atoms with E-state index < -0.39 is 0 Å². The average Bonchev–Trinajstić information content (AvgIpc) is 2.55. The highest BCUT2D eigenvalue weighted by Gasteiger charge is 2.06. The first kappa shape index (κ1) is 12.1. The van der Waals surface area contributed by atoms with Gasteiger partial charge < -0.3 is 11.5 Å². The molecule has 5 N–H and O–H groups in total. The third-order valence-corrected chi connectivity index (χ3v) is 2.82. The molecule has 17 heavy (non-hydrogen) atoms. The first-order valence-corrected chi connectivity index (χ1v) is 6.12. The Hall–Kier alpha value is -1.41. The van der Waals surface area contributed by atoms with E-state index in [4.69, 9.17) is 11.5 Å². The molecule has 2 aromatic rings. The Kier molecular flexibility index (Phi) is 3.43. The molecule has 0 radical (unpaired) electrons. The summed E-state index contributed by atoms with van der Waals surface area (Å²) in [6, 6.07) is 5.54. The Balaban J connectivity index is 2.32. The minimum Gasteiger partial charge on any atom is -0.382 e. The van der Waals surface area contributed by atoms with Crippen LogP contribution in [0.2, 0.25) is 0 Å². The summed E-state index contributed by atoms with van der Waals surface area (Å²) in [6.45, 7) is 0. The van der Waals surface area contributed by atoms with Crippen LogP contribution in [-0.2, 0) is 0 Å². The van der Waals surface area contributed by atoms with Crippen molar-refractivity contribution in [2.75, 3.05) is 11.5 Å². The minimum atomic E-state index is 0.223. The maximum Gasteiger partial charge on any atom is 0.175 e. The number of benzene rings is 1. The fourth-order valence-corrected chi connectivity index (χ4v) is 2.44. The molecule has 2 rings (SSSR count). The minimum absolute atomic E-state index is 0.223. The Morgan fingerprint density at radius 2 is 1.71 bits per heavy atom. The lowest BCUT2D eigenvalue weighted by atomic mass is 10.3. The Labute approximate surface area is 114 Å². The fourth-order valence-electron chi connectivity index (χ4n) is 1.17. The summed E-state index contributed by atoms with van der Waals surface area (Å²) in [5, 5.41) is 14.2. The van der Waals surface area contributed by atoms with Gasteiger partial charge in [0.1, 0.15) is 5.82 Å². The number of halogens is 2. The van der Waals surface area contributed by atoms with Crippen LogP contribution in [0.3, 0.4) is 0 Å². The van der Waals surface area contributed by atoms with Gasteiger partial charge in [-0.1, -0.05) is 31.9 Å². The molecule has 0 aliphatic rings. The van der Waals surface area contributed by atoms with Crippen molar-refractivity contribution >= 4 is 54.9 Å². The summed E-state index contributed by atoms with van der Waals surface area (Å²) in [7, 11) is 0. The second kappa shape index (κ2) is 4.84. The highest BCUT2D eigenvalue weighted by Crippen LogP contribution is 2.30. The lowest BCUT2D eigenvalue weighted by Gasteiger charge is -1.96. The largest absolute Gasteiger partial charge is 0.382 e. The molecule has 0 aliphatic carbocycles. The van der Waals surface area contributed by atoms with Crippen LogP contribution in [0.4, 0.5) is 23.0 Å². The van der Waals surface area contributed by atoms with E-state index in [1.807, 2.05) is 18.2 Å². The molecular formula is C9H8Br2N6. The number of H-pyrrole nitrogens is 1. The van der Waals surface area contributed by atoms with E-state index in [2.05, 4.69) is 52.3 Å². The standard InChI is InChI=1S/C9H8Br2N6/c10-4-1-5(11)3-6(2-4)14-15-7-8(12)16-17-9(7)13/h1-3H,(H5,12,13,16,17). The number of nitrogens with one attached hydrogen (secondary N) is 1. The van der Waals surface area contributed by atoms with E-state index >= 15 is 0 Å². The molecule has 8 heteroatoms. The smallest absolute Gasteiger partial charge is 0.175 e. The maximum atomic E-state index is 5.60. The summed E-state index contributed by atoms with van der Waals surface area (Å²) in [6.07, 6.45) is 0. The van der Waals surface area contributed by atoms with Crippen LogP contribution >= 0.6 is 31.9 Å². The molecule has 6 nitrogen and oxygen atoms in total. The van der Waals surface area contributed by atoms with E-state index in [1.165, 1.54) is 0 Å². The number of nitrogens with two attached hydrogens (primary N) is 2. The highest BCUT2D eigenvalue weighted by molar-refractivity contribution is 9.11. The molecule has 88 valence electrons. The van der Waals surface area contributed by atoms with E-state index in [9.17, 15) is 0 Å². The molecule has 0 aliphatic heterocycles. The van der Waals surface area contributed by atoms with Crippen molar-refractivity contribution in [3.8, 4) is 0 Å². The molecule has 0 saturated heterocycles. The van der Waals surface area contributed by atoms with Gasteiger partial charge in [0, 0.05) is 8.95 Å². The van der Waals surface area contributed by atoms with Crippen molar-refractivity contribution in [1.82, 2.24) is 10.2 Å². The van der Waals surface area contributed by atoms with Gasteiger partial charge >= 0.3 is 0 Å². The topological polar surface area (TPSA) is 105 Å². The average molecular weight is 360 g/mol. The quantitative estimate of drug-likeness (QED) is 0.714. The first-order chi connectivity index (χ1) is 8.06. The van der Waals surface area contributed by atoms with Crippen LogP contribution in [0.1, 0.15) is 0 Å². The number of azo groups is 1. The third-order valence-electron chi connectivity index (χ3n) is 1.91. The number of rotatable bonds is 2. The zero-order valence-electron chi connectivity index (χ0n) is 8.48. The van der Waals surface area contributed by atoms with Gasteiger partial charge in [0.05, 0.1) is 5.69 Å². The van der Waals surface area contributed by atoms with Gasteiger partial charge in [-0.25, -0.2) is 0 Å². The van der Waals surface area contributed by atoms with Crippen LogP contribution in [0.15, 0.2) is 37.4 Å². The fraction of sp³-hybridized carbons (Fsp3) is 0. The van der Waals surface area contributed by atoms with E-state index in [-0.39, 0.29) is 5.82 Å². The normalized spacial score (nSPS) is 11.2. The van der Waals surface area contributed by atoms with Crippen molar-refractivity contribution in [2.45, 2.75) is 0 Å². The van der Waals surface area contributed by atoms with Crippen LogP contribution in [0.25, 0.3) is 0 Å². The van der Waals surface area contributed by atoms with Gasteiger partial charge in [0.25, 0.3) is 0 Å². The summed E-state index contributed by atoms with van der Waals surface area (Å²) in [5.74, 6) is 0.514. The van der Waals surface area contributed by atoms with Crippen LogP contribution < -0.4 is 11.5 Å². The van der Waals surface area contributed by atoms with Crippen molar-refractivity contribution in [1.29, 1.82) is 0 Å². The first-order valence-electron chi connectivity index (χ1n) is 4.53. The summed E-state index contributed by atoms with van der Waals surface area (Å²) in [5.41, 5.74) is 12.2. The maximum absolute atomic E-state index is 5.60. The second-order valence-corrected chi connectivity index (χ2v) is 5.03. The molecule has 0 saturated carbocycles. The van der Waals surface area contributed by atoms with Crippen LogP contribution in [0, 0.1) is 0 Å². The number of nitrogens with zero attached hydrogens (tertiary/aromatic N) is 3. The van der Waals surface area contributed by atoms with E-state index in [0.29, 0.717) is 17.2 Å². The predicted molar refractivity (Wildman–Crippen MR) is 73.4 cm³/mol. The van der Waals surface area contributed by atoms with Gasteiger partial charge in [-0.05, 0) is 18.2 Å². The van der Waals surface area contributed by atoms with Gasteiger partial charge in [0.15, 0.2) is 11.5 Å². The monoisotopic (exact) mass is 358 g/mol. The number of hydrogen-bond donors (Lipinski definition) is 3. The molecule has 0 fully saturated rings. The van der Waals surface area contributed by atoms with Gasteiger partial charge in [-0.2, -0.15) is 10.2 Å². The lowest BCUT2D eigenvalue weighted by molar-refractivity contribution is 1.11. The highest BCUT2D eigenvalue weighted by atomic mass is 79.9. The van der Waals surface area contributed by atoms with E-state index in [0.717, 1.165) is 8.95 Å². The molecule has 1 heterocycles. The molecule has 0 spiro atoms. The van der Waals surface area contributed by atoms with Crippen LogP contribution in [0.5, 0.6) is 0 Å². The molecule has 0 amide bonds. The van der Waals surface area contributed by atoms with Crippen molar-refractivity contribution in [3.63, 3.8) is 0 Å². The molecular weight excluding hydrogens is 352 g/mol. The molecule has 1 aromatic heterocycles. The number of aromatic nitrogens is 2. The van der Waals surface area contributed by atoms with Gasteiger partial charge in [-0.3, -0.25) is 5.10 Å². The molecule has 1 aromatic carbocycles. The summed E-state index contributed by atoms with van der Waals surface area (Å²) >= 11 is 6.72. The predicted octanol–water partition coefficient (Wildman–Crippen LogP) is 3.51. The SMILES string of the molecule is Nc1n[nH]c(N)c1N=Nc1cc(Br)cc(Br)c1. The number of aromatic amines is 1. The zero-order chi connectivity index (χ0) is 12.4. The Morgan fingerprint density at radius 1 is 1.06 bits per heavy atom. The number of nitrogen functional groups attached to an aromatic ring is 2. The number of anilines is 2.